The van der Waals surface area contributed by atoms with Crippen LogP contribution in [0.5, 0.6) is 5.75 Å². The van der Waals surface area contributed by atoms with Crippen LogP contribution in [0, 0.1) is 11.8 Å². The van der Waals surface area contributed by atoms with E-state index < -0.39 is 0 Å². The Kier molecular flexibility index (Phi) is 8.68. The summed E-state index contributed by atoms with van der Waals surface area (Å²) in [5.74, 6) is 1.57. The van der Waals surface area contributed by atoms with E-state index in [2.05, 4.69) is 31.2 Å². The summed E-state index contributed by atoms with van der Waals surface area (Å²) in [5.41, 5.74) is 2.79. The van der Waals surface area contributed by atoms with Crippen LogP contribution in [0.15, 0.2) is 70.5 Å². The zero-order valence-electron chi connectivity index (χ0n) is 19.9. The van der Waals surface area contributed by atoms with E-state index in [0.717, 1.165) is 62.8 Å². The first-order chi connectivity index (χ1) is 16.2. The summed E-state index contributed by atoms with van der Waals surface area (Å²) in [6.07, 6.45) is 20.0. The number of benzene rings is 1. The van der Waals surface area contributed by atoms with Crippen molar-refractivity contribution in [2.24, 2.45) is 21.8 Å². The second kappa shape index (κ2) is 12.1. The molecule has 0 saturated heterocycles. The molecule has 0 aromatic heterocycles. The standard InChI is InChI=1S/C29H37FN2O/c1-22-17-18-29-27(30)15-5-6-16-28(22)31-25-13-9-14-26(21-25)33-19-7-3-2-4-10-23-11-8-12-24(20-23)32-29/h3-4,7,9-10,13-15,21-24H,2,5-6,8,11-12,16-20H2,1H3. The van der Waals surface area contributed by atoms with Gasteiger partial charge in [-0.1, -0.05) is 43.7 Å². The monoisotopic (exact) mass is 448 g/mol. The summed E-state index contributed by atoms with van der Waals surface area (Å²) in [6.45, 7) is 2.78. The average molecular weight is 449 g/mol. The molecule has 33 heavy (non-hydrogen) atoms. The van der Waals surface area contributed by atoms with E-state index in [-0.39, 0.29) is 11.9 Å². The first-order valence-electron chi connectivity index (χ1n) is 12.7. The van der Waals surface area contributed by atoms with E-state index in [9.17, 15) is 0 Å². The average Bonchev–Trinajstić information content (AvgIpc) is 2.82. The lowest BCUT2D eigenvalue weighted by Gasteiger charge is -2.26. The lowest BCUT2D eigenvalue weighted by Crippen LogP contribution is -2.20. The second-order valence-electron chi connectivity index (χ2n) is 9.59. The first kappa shape index (κ1) is 23.7. The third-order valence-electron chi connectivity index (χ3n) is 6.93. The summed E-state index contributed by atoms with van der Waals surface area (Å²) >= 11 is 0. The quantitative estimate of drug-likeness (QED) is 0.369. The number of fused-ring (bicyclic) bond motifs is 8. The van der Waals surface area contributed by atoms with E-state index >= 15 is 4.39 Å². The molecule has 4 heteroatoms. The van der Waals surface area contributed by atoms with Crippen LogP contribution in [0.2, 0.25) is 0 Å². The van der Waals surface area contributed by atoms with Crippen LogP contribution in [0.25, 0.3) is 0 Å². The Morgan fingerprint density at radius 2 is 1.97 bits per heavy atom. The molecule has 6 bridgehead atoms. The highest BCUT2D eigenvalue weighted by molar-refractivity contribution is 5.99. The van der Waals surface area contributed by atoms with Crippen LogP contribution in [0.3, 0.4) is 0 Å². The van der Waals surface area contributed by atoms with Crippen LogP contribution in [-0.4, -0.2) is 24.1 Å². The predicted octanol–water partition coefficient (Wildman–Crippen LogP) is 8.11. The van der Waals surface area contributed by atoms with Gasteiger partial charge >= 0.3 is 0 Å². The number of aliphatic imine (C=N–C) groups is 2. The Labute approximate surface area is 198 Å². The van der Waals surface area contributed by atoms with Crippen molar-refractivity contribution in [3.05, 3.63) is 60.5 Å². The lowest BCUT2D eigenvalue weighted by atomic mass is 9.85. The van der Waals surface area contributed by atoms with Gasteiger partial charge in [0.25, 0.3) is 0 Å². The van der Waals surface area contributed by atoms with Crippen LogP contribution in [0.4, 0.5) is 10.1 Å². The molecule has 0 radical (unpaired) electrons. The predicted molar refractivity (Wildman–Crippen MR) is 137 cm³/mol. The number of allylic oxidation sites excluding steroid dienone is 5. The molecule has 2 aliphatic carbocycles. The van der Waals surface area contributed by atoms with Gasteiger partial charge in [0.1, 0.15) is 18.2 Å². The van der Waals surface area contributed by atoms with Gasteiger partial charge in [0.05, 0.1) is 17.4 Å². The van der Waals surface area contributed by atoms with Crippen molar-refractivity contribution in [1.29, 1.82) is 0 Å². The molecule has 1 heterocycles. The minimum absolute atomic E-state index is 0.0996. The van der Waals surface area contributed by atoms with Gasteiger partial charge < -0.3 is 4.74 Å². The summed E-state index contributed by atoms with van der Waals surface area (Å²) < 4.78 is 21.0. The number of rotatable bonds is 0. The zero-order valence-corrected chi connectivity index (χ0v) is 19.9. The number of nitrogens with zero attached hydrogens (tertiary/aromatic N) is 2. The zero-order chi connectivity index (χ0) is 22.9. The summed E-state index contributed by atoms with van der Waals surface area (Å²) in [7, 11) is 0. The molecule has 1 aromatic carbocycles. The summed E-state index contributed by atoms with van der Waals surface area (Å²) in [6, 6.07) is 8.25. The number of halogens is 1. The maximum atomic E-state index is 15.0. The van der Waals surface area contributed by atoms with Gasteiger partial charge in [0, 0.05) is 11.8 Å². The second-order valence-corrected chi connectivity index (χ2v) is 9.59. The molecule has 1 fully saturated rings. The van der Waals surface area contributed by atoms with Crippen molar-refractivity contribution in [3.8, 4) is 5.75 Å². The molecule has 3 atom stereocenters. The molecule has 3 unspecified atom stereocenters. The minimum Gasteiger partial charge on any atom is -0.489 e. The fourth-order valence-corrected chi connectivity index (χ4v) is 4.99. The van der Waals surface area contributed by atoms with Crippen molar-refractivity contribution in [2.75, 3.05) is 6.61 Å². The van der Waals surface area contributed by atoms with Crippen molar-refractivity contribution in [2.45, 2.75) is 77.2 Å². The van der Waals surface area contributed by atoms with E-state index in [1.807, 2.05) is 24.3 Å². The maximum Gasteiger partial charge on any atom is 0.140 e. The van der Waals surface area contributed by atoms with Gasteiger partial charge in [-0.3, -0.25) is 9.98 Å². The molecule has 0 amide bonds. The Balaban J connectivity index is 1.64. The van der Waals surface area contributed by atoms with Gasteiger partial charge in [0.15, 0.2) is 0 Å². The van der Waals surface area contributed by atoms with Crippen LogP contribution in [-0.2, 0) is 0 Å². The Bertz CT molecular complexity index is 943. The fourth-order valence-electron chi connectivity index (χ4n) is 4.99. The van der Waals surface area contributed by atoms with Gasteiger partial charge in [-0.25, -0.2) is 4.39 Å². The fraction of sp³-hybridized carbons (Fsp3) is 0.517. The molecular formula is C29H37FN2O. The summed E-state index contributed by atoms with van der Waals surface area (Å²) in [5, 5.41) is 0. The first-order valence-corrected chi connectivity index (χ1v) is 12.7. The minimum atomic E-state index is -0.0996. The Morgan fingerprint density at radius 1 is 1.03 bits per heavy atom. The van der Waals surface area contributed by atoms with E-state index in [0.29, 0.717) is 30.6 Å². The highest BCUT2D eigenvalue weighted by Crippen LogP contribution is 2.30. The molecule has 3 aliphatic rings. The molecule has 176 valence electrons. The maximum absolute atomic E-state index is 15.0. The molecule has 0 spiro atoms. The highest BCUT2D eigenvalue weighted by Gasteiger charge is 2.22. The lowest BCUT2D eigenvalue weighted by molar-refractivity contribution is 0.362. The molecular weight excluding hydrogens is 411 g/mol. The molecule has 3 nitrogen and oxygen atoms in total. The number of hydrogen-bond donors (Lipinski definition) is 0. The smallest absolute Gasteiger partial charge is 0.140 e. The van der Waals surface area contributed by atoms with Crippen LogP contribution >= 0.6 is 0 Å². The van der Waals surface area contributed by atoms with E-state index in [1.165, 1.54) is 12.1 Å². The topological polar surface area (TPSA) is 34.0 Å². The van der Waals surface area contributed by atoms with Gasteiger partial charge in [0.2, 0.25) is 0 Å². The number of ether oxygens (including phenoxy) is 1. The molecule has 0 N–H and O–H groups in total. The Hall–Kier alpha value is -2.49. The van der Waals surface area contributed by atoms with Crippen molar-refractivity contribution < 1.29 is 9.13 Å². The van der Waals surface area contributed by atoms with Crippen molar-refractivity contribution >= 4 is 17.1 Å². The summed E-state index contributed by atoms with van der Waals surface area (Å²) in [4.78, 5) is 9.99. The third-order valence-corrected chi connectivity index (χ3v) is 6.93. The Morgan fingerprint density at radius 3 is 2.91 bits per heavy atom. The molecule has 1 aromatic rings. The molecule has 4 rings (SSSR count). The highest BCUT2D eigenvalue weighted by atomic mass is 19.1. The molecule has 1 saturated carbocycles. The van der Waals surface area contributed by atoms with Crippen molar-refractivity contribution in [1.82, 2.24) is 0 Å². The van der Waals surface area contributed by atoms with Crippen LogP contribution < -0.4 is 4.74 Å². The largest absolute Gasteiger partial charge is 0.489 e. The van der Waals surface area contributed by atoms with E-state index in [1.54, 1.807) is 6.08 Å². The SMILES string of the molecule is CC1CCC2=NC3CCCC(C=CCC=CCOc4cccc(c4)N=C1CCCC=C2F)C3. The van der Waals surface area contributed by atoms with Gasteiger partial charge in [-0.05, 0) is 87.8 Å². The third kappa shape index (κ3) is 7.25. The molecule has 1 aliphatic heterocycles. The van der Waals surface area contributed by atoms with Crippen molar-refractivity contribution in [3.63, 3.8) is 0 Å². The van der Waals surface area contributed by atoms with E-state index in [4.69, 9.17) is 14.7 Å². The van der Waals surface area contributed by atoms with Crippen LogP contribution in [0.1, 0.15) is 71.1 Å². The van der Waals surface area contributed by atoms with Gasteiger partial charge in [-0.15, -0.1) is 0 Å². The van der Waals surface area contributed by atoms with Gasteiger partial charge in [-0.2, -0.15) is 0 Å². The number of hydrogen-bond acceptors (Lipinski definition) is 3. The normalized spacial score (nSPS) is 27.2.